The molecule has 1 saturated carbocycles. The van der Waals surface area contributed by atoms with Crippen LogP contribution in [0.3, 0.4) is 0 Å². The van der Waals surface area contributed by atoms with Crippen LogP contribution in [-0.2, 0) is 0 Å². The first kappa shape index (κ1) is 27.2. The predicted molar refractivity (Wildman–Crippen MR) is 162 cm³/mol. The van der Waals surface area contributed by atoms with Gasteiger partial charge in [0.2, 0.25) is 5.95 Å². The molecule has 0 radical (unpaired) electrons. The molecule has 1 saturated heterocycles. The zero-order chi connectivity index (χ0) is 28.2. The molecule has 6 rings (SSSR count). The van der Waals surface area contributed by atoms with Gasteiger partial charge in [0.15, 0.2) is 0 Å². The summed E-state index contributed by atoms with van der Waals surface area (Å²) in [5, 5.41) is 4.27. The van der Waals surface area contributed by atoms with E-state index < -0.39 is 0 Å². The van der Waals surface area contributed by atoms with Crippen molar-refractivity contribution in [2.75, 3.05) is 38.5 Å². The average molecular weight is 554 g/mol. The number of hydrogen-bond donors (Lipinski definition) is 2. The number of nitrogens with zero attached hydrogens (tertiary/aromatic N) is 5. The Labute approximate surface area is 241 Å². The van der Waals surface area contributed by atoms with Crippen LogP contribution in [0.2, 0.25) is 0 Å². The van der Waals surface area contributed by atoms with Crippen LogP contribution in [0.4, 0.5) is 11.6 Å². The van der Waals surface area contributed by atoms with Crippen LogP contribution in [0.1, 0.15) is 55.9 Å². The lowest BCUT2D eigenvalue weighted by Crippen LogP contribution is -2.47. The molecule has 1 aliphatic carbocycles. The summed E-state index contributed by atoms with van der Waals surface area (Å²) in [6.07, 6.45) is 11.0. The fourth-order valence-corrected chi connectivity index (χ4v) is 5.81. The third-order valence-corrected chi connectivity index (χ3v) is 8.30. The maximum Gasteiger partial charge on any atom is 0.270 e. The van der Waals surface area contributed by atoms with E-state index in [4.69, 9.17) is 9.72 Å². The molecule has 1 aromatic carbocycles. The highest BCUT2D eigenvalue weighted by Gasteiger charge is 2.22. The maximum absolute atomic E-state index is 13.0. The molecule has 9 heteroatoms. The number of piperazine rings is 1. The Morgan fingerprint density at radius 2 is 1.71 bits per heavy atom. The number of carbonyl (C=O) groups excluding carboxylic acids is 1. The molecule has 2 N–H and O–H groups in total. The molecule has 41 heavy (non-hydrogen) atoms. The number of benzene rings is 1. The van der Waals surface area contributed by atoms with Gasteiger partial charge in [-0.25, -0.2) is 9.97 Å². The van der Waals surface area contributed by atoms with Gasteiger partial charge in [-0.3, -0.25) is 9.78 Å². The molecule has 3 aromatic heterocycles. The van der Waals surface area contributed by atoms with Gasteiger partial charge in [-0.05, 0) is 75.0 Å². The van der Waals surface area contributed by atoms with Crippen LogP contribution >= 0.6 is 0 Å². The summed E-state index contributed by atoms with van der Waals surface area (Å²) in [7, 11) is 2.08. The number of aromatic amines is 1. The number of likely N-dealkylation sites (N-methyl/N-ethyl adjacent to an activating group) is 1. The number of ether oxygens (including phenoxy) is 1. The molecular weight excluding hydrogens is 514 g/mol. The van der Waals surface area contributed by atoms with Crippen LogP contribution in [0.25, 0.3) is 22.3 Å². The zero-order valence-corrected chi connectivity index (χ0v) is 24.0. The highest BCUT2D eigenvalue weighted by Crippen LogP contribution is 2.28. The van der Waals surface area contributed by atoms with Gasteiger partial charge in [-0.15, -0.1) is 0 Å². The number of aromatic nitrogens is 4. The highest BCUT2D eigenvalue weighted by atomic mass is 16.5. The summed E-state index contributed by atoms with van der Waals surface area (Å²) < 4.78 is 6.39. The Morgan fingerprint density at radius 3 is 2.51 bits per heavy atom. The van der Waals surface area contributed by atoms with Crippen LogP contribution in [-0.4, -0.2) is 75.0 Å². The van der Waals surface area contributed by atoms with Crippen molar-refractivity contribution in [3.8, 4) is 17.1 Å². The minimum atomic E-state index is 0.0442. The van der Waals surface area contributed by atoms with Crippen molar-refractivity contribution >= 4 is 28.4 Å². The number of fused-ring (bicyclic) bond motifs is 1. The Bertz CT molecular complexity index is 1480. The zero-order valence-electron chi connectivity index (χ0n) is 24.0. The topological polar surface area (TPSA) is 99.3 Å². The summed E-state index contributed by atoms with van der Waals surface area (Å²) in [4.78, 5) is 34.2. The Hall–Kier alpha value is -3.98. The minimum Gasteiger partial charge on any atom is -0.490 e. The molecule has 0 spiro atoms. The lowest BCUT2D eigenvalue weighted by molar-refractivity contribution is 0.0659. The van der Waals surface area contributed by atoms with E-state index in [1.54, 1.807) is 12.4 Å². The molecule has 4 aromatic rings. The Morgan fingerprint density at radius 1 is 0.927 bits per heavy atom. The van der Waals surface area contributed by atoms with E-state index in [9.17, 15) is 4.79 Å². The van der Waals surface area contributed by atoms with Gasteiger partial charge in [0, 0.05) is 61.2 Å². The second kappa shape index (κ2) is 12.3. The molecule has 2 aliphatic rings. The predicted octanol–water partition coefficient (Wildman–Crippen LogP) is 5.89. The minimum absolute atomic E-state index is 0.0442. The fourth-order valence-electron chi connectivity index (χ4n) is 5.81. The third kappa shape index (κ3) is 6.68. The van der Waals surface area contributed by atoms with E-state index in [1.807, 2.05) is 47.4 Å². The standard InChI is InChI=1S/C32H39N7O2/c1-22-5-3-7-25(8-4-6-22)41-26-11-13-33-29(21-26)28-12-14-34-32(37-28)35-24-9-10-27-23(19-24)20-30(36-27)31(40)39-17-15-38(2)16-18-39/h9-14,19-22,25,36H,3-8,15-18H2,1-2H3,(H,34,35,37). The van der Waals surface area contributed by atoms with Crippen LogP contribution in [0.5, 0.6) is 5.75 Å². The van der Waals surface area contributed by atoms with E-state index >= 15 is 0 Å². The smallest absolute Gasteiger partial charge is 0.270 e. The maximum atomic E-state index is 13.0. The Kier molecular flexibility index (Phi) is 8.14. The molecule has 9 nitrogen and oxygen atoms in total. The number of amides is 1. The summed E-state index contributed by atoms with van der Waals surface area (Å²) in [6, 6.07) is 13.6. The van der Waals surface area contributed by atoms with Gasteiger partial charge in [0.1, 0.15) is 11.4 Å². The van der Waals surface area contributed by atoms with Gasteiger partial charge in [0.25, 0.3) is 5.91 Å². The number of anilines is 2. The summed E-state index contributed by atoms with van der Waals surface area (Å²) in [5.74, 6) is 2.18. The molecule has 4 heterocycles. The first-order chi connectivity index (χ1) is 20.0. The van der Waals surface area contributed by atoms with E-state index in [0.29, 0.717) is 11.6 Å². The van der Waals surface area contributed by atoms with Crippen molar-refractivity contribution in [1.29, 1.82) is 0 Å². The first-order valence-electron chi connectivity index (χ1n) is 14.8. The van der Waals surface area contributed by atoms with Crippen molar-refractivity contribution in [2.45, 2.75) is 51.6 Å². The van der Waals surface area contributed by atoms with Crippen molar-refractivity contribution in [3.05, 3.63) is 60.6 Å². The number of pyridine rings is 1. The van der Waals surface area contributed by atoms with Crippen molar-refractivity contribution in [3.63, 3.8) is 0 Å². The summed E-state index contributed by atoms with van der Waals surface area (Å²) in [5.41, 5.74) is 3.85. The SMILES string of the molecule is CC1CCCC(Oc2ccnc(-c3ccnc(Nc4ccc5[nH]c(C(=O)N6CCN(C)CC6)cc5c4)n3)c2)CCC1. The second-order valence-electron chi connectivity index (χ2n) is 11.6. The molecule has 0 unspecified atom stereocenters. The lowest BCUT2D eigenvalue weighted by atomic mass is 9.91. The quantitative estimate of drug-likeness (QED) is 0.307. The molecule has 0 atom stereocenters. The molecule has 1 amide bonds. The van der Waals surface area contributed by atoms with E-state index in [-0.39, 0.29) is 12.0 Å². The normalized spacial score (nSPS) is 20.4. The van der Waals surface area contributed by atoms with E-state index in [1.165, 1.54) is 25.7 Å². The van der Waals surface area contributed by atoms with Crippen molar-refractivity contribution in [2.24, 2.45) is 5.92 Å². The molecule has 2 fully saturated rings. The molecule has 1 aliphatic heterocycles. The van der Waals surface area contributed by atoms with E-state index in [2.05, 4.69) is 39.1 Å². The lowest BCUT2D eigenvalue weighted by Gasteiger charge is -2.32. The summed E-state index contributed by atoms with van der Waals surface area (Å²) in [6.45, 7) is 5.63. The molecule has 0 bridgehead atoms. The fraction of sp³-hybridized carbons (Fsp3) is 0.438. The van der Waals surface area contributed by atoms with Crippen molar-refractivity contribution in [1.82, 2.24) is 29.7 Å². The summed E-state index contributed by atoms with van der Waals surface area (Å²) >= 11 is 0. The van der Waals surface area contributed by atoms with Crippen LogP contribution in [0.15, 0.2) is 54.9 Å². The largest absolute Gasteiger partial charge is 0.490 e. The second-order valence-corrected chi connectivity index (χ2v) is 11.6. The number of hydrogen-bond acceptors (Lipinski definition) is 7. The molecular formula is C32H39N7O2. The Balaban J connectivity index is 1.13. The van der Waals surface area contributed by atoms with Crippen molar-refractivity contribution < 1.29 is 9.53 Å². The van der Waals surface area contributed by atoms with Crippen LogP contribution in [0, 0.1) is 5.92 Å². The van der Waals surface area contributed by atoms with Crippen LogP contribution < -0.4 is 10.1 Å². The highest BCUT2D eigenvalue weighted by molar-refractivity contribution is 5.98. The number of nitrogens with one attached hydrogen (secondary N) is 2. The van der Waals surface area contributed by atoms with Gasteiger partial charge in [0.05, 0.1) is 17.5 Å². The van der Waals surface area contributed by atoms with Gasteiger partial charge >= 0.3 is 0 Å². The monoisotopic (exact) mass is 553 g/mol. The van der Waals surface area contributed by atoms with Gasteiger partial charge in [-0.2, -0.15) is 0 Å². The molecule has 214 valence electrons. The van der Waals surface area contributed by atoms with E-state index in [0.717, 1.165) is 78.7 Å². The third-order valence-electron chi connectivity index (χ3n) is 8.30. The average Bonchev–Trinajstić information content (AvgIpc) is 3.40. The number of carbonyl (C=O) groups is 1. The number of H-pyrrole nitrogens is 1. The van der Waals surface area contributed by atoms with Gasteiger partial charge in [-0.1, -0.05) is 19.8 Å². The van der Waals surface area contributed by atoms with Gasteiger partial charge < -0.3 is 24.8 Å². The first-order valence-corrected chi connectivity index (χ1v) is 14.8. The number of rotatable bonds is 6.